The maximum atomic E-state index is 14.9. The first-order chi connectivity index (χ1) is 16.5. The van der Waals surface area contributed by atoms with Gasteiger partial charge in [-0.15, -0.1) is 10.2 Å². The van der Waals surface area contributed by atoms with Gasteiger partial charge in [0.1, 0.15) is 5.58 Å². The number of piperidine rings is 1. The third kappa shape index (κ3) is 3.87. The molecule has 0 unspecified atom stereocenters. The molecule has 2 N–H and O–H groups in total. The number of ether oxygens (including phenoxy) is 1. The molecule has 1 aromatic heterocycles. The van der Waals surface area contributed by atoms with E-state index in [9.17, 15) is 14.3 Å². The maximum absolute atomic E-state index is 14.9. The third-order valence-corrected chi connectivity index (χ3v) is 6.59. The molecule has 2 aliphatic rings. The number of carboxylic acid groups (broad SMARTS) is 1. The fourth-order valence-electron chi connectivity index (χ4n) is 4.73. The van der Waals surface area contributed by atoms with Gasteiger partial charge in [0.05, 0.1) is 23.9 Å². The number of aromatic hydroxyl groups is 1. The molecule has 0 bridgehead atoms. The monoisotopic (exact) mass is 465 g/mol. The van der Waals surface area contributed by atoms with Crippen molar-refractivity contribution in [2.45, 2.75) is 25.7 Å². The lowest BCUT2D eigenvalue weighted by atomic mass is 9.90. The number of rotatable bonds is 5. The van der Waals surface area contributed by atoms with E-state index in [2.05, 4.69) is 10.2 Å². The van der Waals surface area contributed by atoms with Gasteiger partial charge in [-0.1, -0.05) is 18.2 Å². The summed E-state index contributed by atoms with van der Waals surface area (Å²) in [5, 5.41) is 28.5. The van der Waals surface area contributed by atoms with Gasteiger partial charge in [0.2, 0.25) is 0 Å². The largest absolute Gasteiger partial charge is 0.504 e. The number of hydrogen-bond acceptors (Lipinski definition) is 6. The van der Waals surface area contributed by atoms with Crippen molar-refractivity contribution >= 4 is 34.5 Å². The first kappa shape index (κ1) is 21.9. The van der Waals surface area contributed by atoms with Gasteiger partial charge >= 0.3 is 6.09 Å². The van der Waals surface area contributed by atoms with Crippen molar-refractivity contribution in [2.24, 2.45) is 16.1 Å². The first-order valence-electron chi connectivity index (χ1n) is 11.2. The van der Waals surface area contributed by atoms with Gasteiger partial charge in [0.15, 0.2) is 23.1 Å². The standard InChI is InChI=1S/C25H24FN3O5/c1-33-24-16(7-6-14-8-10-29(11-9-14)25(31)32)23-17(12-18(24)26)22(30)21(34-23)13-20-15-4-2-3-5-19(15)27-28-20/h2-5,12-14,30H,6-11H2,1H3,(H,31,32). The van der Waals surface area contributed by atoms with Crippen molar-refractivity contribution in [2.75, 3.05) is 20.2 Å². The molecule has 3 aromatic rings. The Morgan fingerprint density at radius 3 is 2.79 bits per heavy atom. The predicted octanol–water partition coefficient (Wildman–Crippen LogP) is 6.20. The number of amides is 1. The highest BCUT2D eigenvalue weighted by Gasteiger charge is 2.26. The molecule has 2 aromatic carbocycles. The molecule has 1 fully saturated rings. The summed E-state index contributed by atoms with van der Waals surface area (Å²) >= 11 is 0. The first-order valence-corrected chi connectivity index (χ1v) is 11.2. The van der Waals surface area contributed by atoms with Crippen molar-refractivity contribution in [3.05, 3.63) is 53.0 Å². The molecule has 8 nitrogen and oxygen atoms in total. The van der Waals surface area contributed by atoms with Gasteiger partial charge in [-0.2, -0.15) is 0 Å². The summed E-state index contributed by atoms with van der Waals surface area (Å²) in [6, 6.07) is 8.68. The molecular weight excluding hydrogens is 441 g/mol. The molecule has 1 saturated heterocycles. The highest BCUT2D eigenvalue weighted by molar-refractivity contribution is 5.95. The minimum atomic E-state index is -0.899. The van der Waals surface area contributed by atoms with Gasteiger partial charge in [-0.05, 0) is 43.7 Å². The van der Waals surface area contributed by atoms with Crippen molar-refractivity contribution < 1.29 is 28.6 Å². The minimum absolute atomic E-state index is 0.0920. The Balaban J connectivity index is 1.47. The van der Waals surface area contributed by atoms with E-state index in [1.165, 1.54) is 18.1 Å². The number of methoxy groups -OCH3 is 1. The third-order valence-electron chi connectivity index (χ3n) is 6.59. The van der Waals surface area contributed by atoms with Crippen LogP contribution < -0.4 is 4.74 Å². The molecule has 0 atom stereocenters. The van der Waals surface area contributed by atoms with Crippen molar-refractivity contribution in [1.29, 1.82) is 0 Å². The van der Waals surface area contributed by atoms with Gasteiger partial charge in [0, 0.05) is 30.3 Å². The van der Waals surface area contributed by atoms with Crippen LogP contribution in [0.15, 0.2) is 45.0 Å². The number of fused-ring (bicyclic) bond motifs is 2. The van der Waals surface area contributed by atoms with E-state index < -0.39 is 11.9 Å². The lowest BCUT2D eigenvalue weighted by Gasteiger charge is -2.30. The lowest BCUT2D eigenvalue weighted by Crippen LogP contribution is -2.37. The number of azo groups is 1. The Hall–Kier alpha value is -3.88. The lowest BCUT2D eigenvalue weighted by molar-refractivity contribution is 0.123. The molecule has 0 spiro atoms. The molecule has 2 aliphatic heterocycles. The van der Waals surface area contributed by atoms with Crippen molar-refractivity contribution in [1.82, 2.24) is 4.90 Å². The predicted molar refractivity (Wildman–Crippen MR) is 124 cm³/mol. The number of carbonyl (C=O) groups is 1. The van der Waals surface area contributed by atoms with Crippen LogP contribution in [0, 0.1) is 11.7 Å². The second-order valence-electron chi connectivity index (χ2n) is 8.56. The fourth-order valence-corrected chi connectivity index (χ4v) is 4.73. The number of nitrogens with zero attached hydrogens (tertiary/aromatic N) is 3. The summed E-state index contributed by atoms with van der Waals surface area (Å²) in [4.78, 5) is 12.6. The van der Waals surface area contributed by atoms with E-state index >= 15 is 0 Å². The SMILES string of the molecule is COc1c(F)cc2c(O)c(C=C3N=Nc4ccccc43)oc2c1CCC1CCN(C(=O)O)CC1. The molecule has 0 saturated carbocycles. The average molecular weight is 465 g/mol. The summed E-state index contributed by atoms with van der Waals surface area (Å²) in [5.74, 6) is -0.177. The molecule has 34 heavy (non-hydrogen) atoms. The Labute approximate surface area is 195 Å². The normalized spacial score (nSPS) is 17.0. The van der Waals surface area contributed by atoms with E-state index in [1.807, 2.05) is 24.3 Å². The molecule has 0 radical (unpaired) electrons. The highest BCUT2D eigenvalue weighted by Crippen LogP contribution is 2.43. The zero-order valence-electron chi connectivity index (χ0n) is 18.6. The van der Waals surface area contributed by atoms with E-state index in [-0.39, 0.29) is 22.6 Å². The number of aryl methyl sites for hydroxylation is 1. The Morgan fingerprint density at radius 2 is 2.06 bits per heavy atom. The number of hydrogen-bond donors (Lipinski definition) is 2. The average Bonchev–Trinajstić information content (AvgIpc) is 3.39. The van der Waals surface area contributed by atoms with Gasteiger partial charge in [0.25, 0.3) is 0 Å². The van der Waals surface area contributed by atoms with E-state index in [0.717, 1.165) is 30.5 Å². The zero-order valence-corrected chi connectivity index (χ0v) is 18.6. The van der Waals surface area contributed by atoms with Crippen LogP contribution in [0.3, 0.4) is 0 Å². The second-order valence-corrected chi connectivity index (χ2v) is 8.56. The molecule has 0 aliphatic carbocycles. The summed E-state index contributed by atoms with van der Waals surface area (Å²) in [6.07, 6.45) is 3.39. The Morgan fingerprint density at radius 1 is 1.29 bits per heavy atom. The number of benzene rings is 2. The molecule has 1 amide bonds. The van der Waals surface area contributed by atoms with Crippen LogP contribution in [0.4, 0.5) is 14.9 Å². The van der Waals surface area contributed by atoms with Crippen LogP contribution in [0.5, 0.6) is 11.5 Å². The molecule has 5 rings (SSSR count). The zero-order chi connectivity index (χ0) is 23.8. The minimum Gasteiger partial charge on any atom is -0.504 e. The maximum Gasteiger partial charge on any atom is 0.407 e. The van der Waals surface area contributed by atoms with Crippen molar-refractivity contribution in [3.63, 3.8) is 0 Å². The topological polar surface area (TPSA) is 108 Å². The van der Waals surface area contributed by atoms with Crippen LogP contribution in [-0.2, 0) is 6.42 Å². The summed E-state index contributed by atoms with van der Waals surface area (Å²) in [5.41, 5.74) is 3.01. The van der Waals surface area contributed by atoms with Gasteiger partial charge < -0.3 is 24.3 Å². The van der Waals surface area contributed by atoms with E-state index in [0.29, 0.717) is 42.3 Å². The summed E-state index contributed by atoms with van der Waals surface area (Å²) in [7, 11) is 1.40. The molecule has 9 heteroatoms. The molecule has 176 valence electrons. The summed E-state index contributed by atoms with van der Waals surface area (Å²) in [6.45, 7) is 0.982. The molecular formula is C25H24FN3O5. The highest BCUT2D eigenvalue weighted by atomic mass is 19.1. The van der Waals surface area contributed by atoms with E-state index in [1.54, 1.807) is 6.08 Å². The number of furan rings is 1. The van der Waals surface area contributed by atoms with E-state index in [4.69, 9.17) is 14.3 Å². The fraction of sp³-hybridized carbons (Fsp3) is 0.320. The van der Waals surface area contributed by atoms with Crippen LogP contribution in [0.2, 0.25) is 0 Å². The number of halogens is 1. The van der Waals surface area contributed by atoms with Gasteiger partial charge in [-0.3, -0.25) is 0 Å². The van der Waals surface area contributed by atoms with Gasteiger partial charge in [-0.25, -0.2) is 9.18 Å². The molecule has 3 heterocycles. The van der Waals surface area contributed by atoms with Crippen LogP contribution >= 0.6 is 0 Å². The van der Waals surface area contributed by atoms with Crippen LogP contribution in [0.1, 0.15) is 36.1 Å². The van der Waals surface area contributed by atoms with Crippen LogP contribution in [-0.4, -0.2) is 41.4 Å². The van der Waals surface area contributed by atoms with Crippen LogP contribution in [0.25, 0.3) is 22.7 Å². The smallest absolute Gasteiger partial charge is 0.407 e. The Kier molecular flexibility index (Phi) is 5.69. The quantitative estimate of drug-likeness (QED) is 0.466. The second kappa shape index (κ2) is 8.81. The number of likely N-dealkylation sites (tertiary alicyclic amines) is 1. The van der Waals surface area contributed by atoms with Crippen molar-refractivity contribution in [3.8, 4) is 11.5 Å². The summed E-state index contributed by atoms with van der Waals surface area (Å²) < 4.78 is 26.3. The Bertz CT molecular complexity index is 1320.